The van der Waals surface area contributed by atoms with E-state index in [0.29, 0.717) is 35.6 Å². The molecule has 41 heavy (non-hydrogen) atoms. The number of aromatic nitrogens is 4. The highest BCUT2D eigenvalue weighted by molar-refractivity contribution is 5.95. The molecular weight excluding hydrogens is 551 g/mol. The van der Waals surface area contributed by atoms with Crippen molar-refractivity contribution in [1.82, 2.24) is 30.4 Å². The highest BCUT2D eigenvalue weighted by Gasteiger charge is 2.45. The zero-order chi connectivity index (χ0) is 28.9. The van der Waals surface area contributed by atoms with Crippen LogP contribution in [0.5, 0.6) is 0 Å². The van der Waals surface area contributed by atoms with Crippen LogP contribution in [-0.4, -0.2) is 50.2 Å². The van der Waals surface area contributed by atoms with Crippen molar-refractivity contribution in [3.63, 3.8) is 0 Å². The minimum Gasteiger partial charge on any atom is -0.364 e. The van der Waals surface area contributed by atoms with Gasteiger partial charge in [0.15, 0.2) is 5.65 Å². The second-order valence-corrected chi connectivity index (χ2v) is 11.5. The number of hydrogen-bond acceptors (Lipinski definition) is 6. The lowest BCUT2D eigenvalue weighted by Crippen LogP contribution is -2.47. The molecule has 1 unspecified atom stereocenters. The van der Waals surface area contributed by atoms with Gasteiger partial charge >= 0.3 is 6.18 Å². The number of piperidine rings is 1. The van der Waals surface area contributed by atoms with Gasteiger partial charge in [-0.05, 0) is 50.2 Å². The number of nitrogens with one attached hydrogen (secondary N) is 2. The maximum absolute atomic E-state index is 14.5. The van der Waals surface area contributed by atoms with Gasteiger partial charge in [-0.1, -0.05) is 5.16 Å². The van der Waals surface area contributed by atoms with Crippen LogP contribution in [0.3, 0.4) is 0 Å². The van der Waals surface area contributed by atoms with Crippen LogP contribution in [0.25, 0.3) is 5.65 Å². The molecule has 0 aromatic carbocycles. The summed E-state index contributed by atoms with van der Waals surface area (Å²) in [5.41, 5.74) is 1.91. The van der Waals surface area contributed by atoms with Crippen LogP contribution < -0.4 is 10.6 Å². The molecule has 0 spiro atoms. The first-order valence-electron chi connectivity index (χ1n) is 13.8. The number of rotatable bonds is 7. The molecule has 2 N–H and O–H groups in total. The molecule has 2 amide bonds. The molecule has 3 aliphatic rings. The van der Waals surface area contributed by atoms with Crippen molar-refractivity contribution in [1.29, 1.82) is 0 Å². The topological polar surface area (TPSA) is 114 Å². The van der Waals surface area contributed by atoms with Crippen LogP contribution >= 0.6 is 0 Å². The van der Waals surface area contributed by atoms with Gasteiger partial charge in [-0.3, -0.25) is 9.59 Å². The summed E-state index contributed by atoms with van der Waals surface area (Å²) < 4.78 is 75.1. The average Bonchev–Trinajstić information content (AvgIpc) is 3.47. The Bertz CT molecular complexity index is 1450. The molecule has 6 rings (SSSR count). The van der Waals surface area contributed by atoms with Crippen molar-refractivity contribution in [2.45, 2.75) is 75.4 Å². The molecule has 2 aliphatic carbocycles. The third-order valence-corrected chi connectivity index (χ3v) is 8.34. The molecule has 2 saturated carbocycles. The molecule has 14 heteroatoms. The molecule has 1 aliphatic heterocycles. The van der Waals surface area contributed by atoms with E-state index in [1.807, 2.05) is 0 Å². The fourth-order valence-corrected chi connectivity index (χ4v) is 5.99. The standard InChI is InChI=1S/C27H29F5N6O3/c28-26(29)7-1-2-15(10-26)23(35-25(40)19-13-41-37-22(19)14-3-4-14)20-12-38-21(34-20)6-5-18(36-38)9-16-8-17(27(30,31)32)11-33-24(16)39/h5-6,12-17,23H,1-4,7-11H2,(H,33,39)(H,35,40)/t15-,16?,17+,23-/m0/s1. The molecule has 4 atom stereocenters. The van der Waals surface area contributed by atoms with Gasteiger partial charge in [0.1, 0.15) is 11.8 Å². The van der Waals surface area contributed by atoms with Crippen LogP contribution in [0.2, 0.25) is 0 Å². The maximum atomic E-state index is 14.5. The third-order valence-electron chi connectivity index (χ3n) is 8.34. The van der Waals surface area contributed by atoms with Gasteiger partial charge in [-0.2, -0.15) is 18.3 Å². The molecule has 3 aromatic heterocycles. The van der Waals surface area contributed by atoms with Crippen molar-refractivity contribution in [3.8, 4) is 0 Å². The normalized spacial score (nSPS) is 25.6. The van der Waals surface area contributed by atoms with Gasteiger partial charge in [-0.25, -0.2) is 18.3 Å². The number of carbonyl (C=O) groups excluding carboxylic acids is 2. The summed E-state index contributed by atoms with van der Waals surface area (Å²) in [5, 5.41) is 13.6. The fourth-order valence-electron chi connectivity index (χ4n) is 5.99. The van der Waals surface area contributed by atoms with E-state index in [9.17, 15) is 31.5 Å². The van der Waals surface area contributed by atoms with Crippen molar-refractivity contribution in [2.75, 3.05) is 6.54 Å². The molecule has 220 valence electrons. The summed E-state index contributed by atoms with van der Waals surface area (Å²) in [6.45, 7) is -0.444. The molecule has 1 saturated heterocycles. The van der Waals surface area contributed by atoms with Gasteiger partial charge in [0.2, 0.25) is 11.8 Å². The Morgan fingerprint density at radius 3 is 2.78 bits per heavy atom. The average molecular weight is 581 g/mol. The lowest BCUT2D eigenvalue weighted by atomic mass is 9.80. The van der Waals surface area contributed by atoms with E-state index in [4.69, 9.17) is 4.52 Å². The molecule has 0 bridgehead atoms. The lowest BCUT2D eigenvalue weighted by molar-refractivity contribution is -0.183. The first kappa shape index (κ1) is 27.6. The van der Waals surface area contributed by atoms with Gasteiger partial charge < -0.3 is 15.2 Å². The number of carbonyl (C=O) groups is 2. The number of hydrogen-bond donors (Lipinski definition) is 2. The van der Waals surface area contributed by atoms with Crippen molar-refractivity contribution < 1.29 is 36.1 Å². The fraction of sp³-hybridized carbons (Fsp3) is 0.593. The Labute approximate surface area is 231 Å². The number of halogens is 5. The number of nitrogens with zero attached hydrogens (tertiary/aromatic N) is 4. The van der Waals surface area contributed by atoms with Crippen LogP contribution in [-0.2, 0) is 11.2 Å². The van der Waals surface area contributed by atoms with E-state index in [1.165, 1.54) is 17.0 Å². The summed E-state index contributed by atoms with van der Waals surface area (Å²) in [6.07, 6.45) is -0.0499. The highest BCUT2D eigenvalue weighted by Crippen LogP contribution is 2.43. The zero-order valence-corrected chi connectivity index (χ0v) is 22.0. The Hall–Kier alpha value is -3.58. The van der Waals surface area contributed by atoms with E-state index in [0.717, 1.165) is 12.8 Å². The van der Waals surface area contributed by atoms with Crippen molar-refractivity contribution in [2.24, 2.45) is 17.8 Å². The quantitative estimate of drug-likeness (QED) is 0.390. The van der Waals surface area contributed by atoms with Crippen LogP contribution in [0.15, 0.2) is 29.1 Å². The van der Waals surface area contributed by atoms with Crippen LogP contribution in [0, 0.1) is 17.8 Å². The molecule has 3 fully saturated rings. The predicted octanol–water partition coefficient (Wildman–Crippen LogP) is 4.75. The van der Waals surface area contributed by atoms with E-state index in [2.05, 4.69) is 25.9 Å². The second-order valence-electron chi connectivity index (χ2n) is 11.5. The van der Waals surface area contributed by atoms with Gasteiger partial charge in [0.25, 0.3) is 5.91 Å². The Balaban J connectivity index is 1.26. The van der Waals surface area contributed by atoms with E-state index in [1.54, 1.807) is 12.1 Å². The third kappa shape index (κ3) is 5.91. The summed E-state index contributed by atoms with van der Waals surface area (Å²) in [4.78, 5) is 30.1. The van der Waals surface area contributed by atoms with E-state index >= 15 is 0 Å². The maximum Gasteiger partial charge on any atom is 0.393 e. The predicted molar refractivity (Wildman–Crippen MR) is 133 cm³/mol. The molecule has 9 nitrogen and oxygen atoms in total. The Morgan fingerprint density at radius 2 is 2.05 bits per heavy atom. The molecule has 3 aromatic rings. The largest absolute Gasteiger partial charge is 0.393 e. The second kappa shape index (κ2) is 10.4. The lowest BCUT2D eigenvalue weighted by Gasteiger charge is -2.34. The smallest absolute Gasteiger partial charge is 0.364 e. The SMILES string of the molecule is O=C(N[C@H](c1cn2nc(CC3C[C@@H](C(F)(F)F)CNC3=O)ccc2n1)[C@H]1CCCC(F)(F)C1)c1conc1C1CC1. The Morgan fingerprint density at radius 1 is 1.24 bits per heavy atom. The summed E-state index contributed by atoms with van der Waals surface area (Å²) in [6, 6.07) is 2.34. The van der Waals surface area contributed by atoms with E-state index < -0.39 is 60.7 Å². The number of alkyl halides is 5. The van der Waals surface area contributed by atoms with Gasteiger partial charge in [0.05, 0.1) is 35.2 Å². The summed E-state index contributed by atoms with van der Waals surface area (Å²) in [7, 11) is 0. The van der Waals surface area contributed by atoms with Crippen molar-refractivity contribution in [3.05, 3.63) is 47.2 Å². The van der Waals surface area contributed by atoms with Gasteiger partial charge in [-0.15, -0.1) is 0 Å². The van der Waals surface area contributed by atoms with Crippen LogP contribution in [0.1, 0.15) is 84.3 Å². The number of amides is 2. The zero-order valence-electron chi connectivity index (χ0n) is 22.0. The Kier molecular flexibility index (Phi) is 6.97. The minimum absolute atomic E-state index is 0.00564. The van der Waals surface area contributed by atoms with E-state index in [-0.39, 0.29) is 30.7 Å². The minimum atomic E-state index is -4.41. The van der Waals surface area contributed by atoms with Gasteiger partial charge in [0, 0.05) is 37.6 Å². The van der Waals surface area contributed by atoms with Crippen LogP contribution in [0.4, 0.5) is 22.0 Å². The molecular formula is C27H29F5N6O3. The highest BCUT2D eigenvalue weighted by atomic mass is 19.4. The first-order valence-corrected chi connectivity index (χ1v) is 13.8. The number of imidazole rings is 1. The van der Waals surface area contributed by atoms with Crippen molar-refractivity contribution >= 4 is 17.5 Å². The summed E-state index contributed by atoms with van der Waals surface area (Å²) in [5.74, 6) is -6.80. The molecule has 4 heterocycles. The first-order chi connectivity index (χ1) is 19.5. The summed E-state index contributed by atoms with van der Waals surface area (Å²) >= 11 is 0. The number of fused-ring (bicyclic) bond motifs is 1. The molecule has 0 radical (unpaired) electrons. The monoisotopic (exact) mass is 580 g/mol.